The van der Waals surface area contributed by atoms with Gasteiger partial charge in [0.25, 0.3) is 0 Å². The van der Waals surface area contributed by atoms with E-state index in [2.05, 4.69) is 33.0 Å². The fourth-order valence-corrected chi connectivity index (χ4v) is 2.92. The van der Waals surface area contributed by atoms with Gasteiger partial charge in [-0.25, -0.2) is 4.98 Å². The Labute approximate surface area is 115 Å². The molecule has 94 valence electrons. The molecule has 0 radical (unpaired) electrons. The number of pyridine rings is 1. The van der Waals surface area contributed by atoms with E-state index < -0.39 is 0 Å². The molecule has 0 aliphatic carbocycles. The molecular weight excluding hydrogens is 292 g/mol. The van der Waals surface area contributed by atoms with Crippen molar-refractivity contribution in [2.24, 2.45) is 0 Å². The van der Waals surface area contributed by atoms with Crippen LogP contribution in [0.3, 0.4) is 0 Å². The molecule has 3 nitrogen and oxygen atoms in total. The number of aliphatic hydroxyl groups is 1. The van der Waals surface area contributed by atoms with Gasteiger partial charge in [-0.2, -0.15) is 0 Å². The molecule has 18 heavy (non-hydrogen) atoms. The predicted molar refractivity (Wildman–Crippen MR) is 76.9 cm³/mol. The number of rotatable bonds is 2. The van der Waals surface area contributed by atoms with Crippen LogP contribution in [-0.4, -0.2) is 29.3 Å². The lowest BCUT2D eigenvalue weighted by Crippen LogP contribution is -2.32. The Morgan fingerprint density at radius 2 is 2.17 bits per heavy atom. The van der Waals surface area contributed by atoms with Crippen molar-refractivity contribution in [3.63, 3.8) is 0 Å². The molecular formula is C14H15BrN2O. The van der Waals surface area contributed by atoms with Gasteiger partial charge in [-0.15, -0.1) is 0 Å². The van der Waals surface area contributed by atoms with Crippen molar-refractivity contribution in [3.8, 4) is 0 Å². The first-order valence-electron chi connectivity index (χ1n) is 6.22. The van der Waals surface area contributed by atoms with E-state index >= 15 is 0 Å². The molecule has 0 bridgehead atoms. The van der Waals surface area contributed by atoms with E-state index in [0.29, 0.717) is 0 Å². The average Bonchev–Trinajstić information content (AvgIpc) is 2.86. The molecule has 1 aliphatic rings. The molecule has 0 saturated carbocycles. The zero-order valence-electron chi connectivity index (χ0n) is 10.0. The summed E-state index contributed by atoms with van der Waals surface area (Å²) in [6.45, 7) is 1.19. The summed E-state index contributed by atoms with van der Waals surface area (Å²) in [6.07, 6.45) is 2.18. The van der Waals surface area contributed by atoms with Crippen molar-refractivity contribution in [3.05, 3.63) is 34.8 Å². The van der Waals surface area contributed by atoms with Crippen molar-refractivity contribution in [1.29, 1.82) is 0 Å². The lowest BCUT2D eigenvalue weighted by molar-refractivity contribution is 0.266. The largest absolute Gasteiger partial charge is 0.394 e. The summed E-state index contributed by atoms with van der Waals surface area (Å²) in [5.74, 6) is 0.970. The van der Waals surface area contributed by atoms with Crippen LogP contribution >= 0.6 is 15.9 Å². The number of nitrogens with zero attached hydrogens (tertiary/aromatic N) is 2. The lowest BCUT2D eigenvalue weighted by Gasteiger charge is -2.24. The van der Waals surface area contributed by atoms with Crippen LogP contribution in [0.5, 0.6) is 0 Å². The summed E-state index contributed by atoms with van der Waals surface area (Å²) >= 11 is 3.47. The van der Waals surface area contributed by atoms with Crippen LogP contribution in [0.2, 0.25) is 0 Å². The summed E-state index contributed by atoms with van der Waals surface area (Å²) in [4.78, 5) is 6.91. The topological polar surface area (TPSA) is 36.4 Å². The van der Waals surface area contributed by atoms with Crippen LogP contribution in [0.4, 0.5) is 5.82 Å². The van der Waals surface area contributed by atoms with Gasteiger partial charge in [0.05, 0.1) is 18.2 Å². The third-order valence-electron chi connectivity index (χ3n) is 3.52. The maximum Gasteiger partial charge on any atom is 0.129 e. The molecule has 0 amide bonds. The third kappa shape index (κ3) is 2.10. The van der Waals surface area contributed by atoms with E-state index in [-0.39, 0.29) is 12.6 Å². The Bertz CT molecular complexity index is 573. The fraction of sp³-hybridized carbons (Fsp3) is 0.357. The highest BCUT2D eigenvalue weighted by molar-refractivity contribution is 9.10. The van der Waals surface area contributed by atoms with Gasteiger partial charge >= 0.3 is 0 Å². The minimum Gasteiger partial charge on any atom is -0.394 e. The molecule has 1 aliphatic heterocycles. The van der Waals surface area contributed by atoms with E-state index in [1.54, 1.807) is 0 Å². The molecule has 1 unspecified atom stereocenters. The molecule has 1 N–H and O–H groups in total. The number of aromatic nitrogens is 1. The summed E-state index contributed by atoms with van der Waals surface area (Å²) in [7, 11) is 0. The SMILES string of the molecule is OCC1CCCN1c1ccc2ccc(Br)cc2n1. The molecule has 2 heterocycles. The van der Waals surface area contributed by atoms with Crippen LogP contribution in [-0.2, 0) is 0 Å². The smallest absolute Gasteiger partial charge is 0.129 e. The lowest BCUT2D eigenvalue weighted by atomic mass is 10.2. The third-order valence-corrected chi connectivity index (χ3v) is 4.01. The van der Waals surface area contributed by atoms with E-state index in [0.717, 1.165) is 40.6 Å². The predicted octanol–water partition coefficient (Wildman–Crippen LogP) is 2.96. The van der Waals surface area contributed by atoms with Crippen LogP contribution in [0.25, 0.3) is 10.9 Å². The number of hydrogen-bond acceptors (Lipinski definition) is 3. The first-order chi connectivity index (χ1) is 8.78. The first-order valence-corrected chi connectivity index (χ1v) is 7.01. The van der Waals surface area contributed by atoms with Gasteiger partial charge < -0.3 is 10.0 Å². The number of aliphatic hydroxyl groups excluding tert-OH is 1. The van der Waals surface area contributed by atoms with E-state index in [9.17, 15) is 5.11 Å². The van der Waals surface area contributed by atoms with Gasteiger partial charge in [-0.05, 0) is 37.1 Å². The molecule has 2 aromatic rings. The molecule has 1 atom stereocenters. The number of anilines is 1. The standard InChI is InChI=1S/C14H15BrN2O/c15-11-5-3-10-4-6-14(16-13(10)8-11)17-7-1-2-12(17)9-18/h3-6,8,12,18H,1-2,7,9H2. The van der Waals surface area contributed by atoms with Gasteiger partial charge in [0, 0.05) is 16.4 Å². The van der Waals surface area contributed by atoms with E-state index in [1.165, 1.54) is 0 Å². The molecule has 0 spiro atoms. The summed E-state index contributed by atoms with van der Waals surface area (Å²) in [5.41, 5.74) is 0.991. The molecule has 1 aromatic heterocycles. The van der Waals surface area contributed by atoms with Gasteiger partial charge in [0.2, 0.25) is 0 Å². The van der Waals surface area contributed by atoms with Gasteiger partial charge in [0.1, 0.15) is 5.82 Å². The highest BCUT2D eigenvalue weighted by Crippen LogP contribution is 2.26. The average molecular weight is 307 g/mol. The molecule has 1 saturated heterocycles. The second-order valence-corrected chi connectivity index (χ2v) is 5.59. The summed E-state index contributed by atoms with van der Waals surface area (Å²) in [5, 5.41) is 10.5. The molecule has 1 aromatic carbocycles. The summed E-state index contributed by atoms with van der Waals surface area (Å²) < 4.78 is 1.04. The van der Waals surface area contributed by atoms with Crippen LogP contribution in [0.1, 0.15) is 12.8 Å². The van der Waals surface area contributed by atoms with Crippen molar-refractivity contribution in [1.82, 2.24) is 4.98 Å². The van der Waals surface area contributed by atoms with Crippen molar-refractivity contribution < 1.29 is 5.11 Å². The number of fused-ring (bicyclic) bond motifs is 1. The van der Waals surface area contributed by atoms with E-state index in [4.69, 9.17) is 4.98 Å². The molecule has 3 rings (SSSR count). The maximum atomic E-state index is 9.38. The van der Waals surface area contributed by atoms with Crippen LogP contribution in [0.15, 0.2) is 34.8 Å². The van der Waals surface area contributed by atoms with Gasteiger partial charge in [-0.3, -0.25) is 0 Å². The van der Waals surface area contributed by atoms with Gasteiger partial charge in [-0.1, -0.05) is 22.0 Å². The Balaban J connectivity index is 2.02. The quantitative estimate of drug-likeness (QED) is 0.926. The number of halogens is 1. The van der Waals surface area contributed by atoms with Crippen LogP contribution in [0, 0.1) is 0 Å². The zero-order valence-corrected chi connectivity index (χ0v) is 11.6. The minimum absolute atomic E-state index is 0.207. The molecule has 1 fully saturated rings. The number of hydrogen-bond donors (Lipinski definition) is 1. The Morgan fingerprint density at radius 1 is 1.33 bits per heavy atom. The second-order valence-electron chi connectivity index (χ2n) is 4.68. The minimum atomic E-state index is 0.207. The number of benzene rings is 1. The first kappa shape index (κ1) is 11.9. The van der Waals surface area contributed by atoms with Crippen molar-refractivity contribution in [2.45, 2.75) is 18.9 Å². The normalized spacial score (nSPS) is 19.7. The fourth-order valence-electron chi connectivity index (χ4n) is 2.57. The maximum absolute atomic E-state index is 9.38. The Kier molecular flexibility index (Phi) is 3.22. The van der Waals surface area contributed by atoms with Gasteiger partial charge in [0.15, 0.2) is 0 Å². The highest BCUT2D eigenvalue weighted by atomic mass is 79.9. The van der Waals surface area contributed by atoms with E-state index in [1.807, 2.05) is 18.2 Å². The van der Waals surface area contributed by atoms with Crippen molar-refractivity contribution in [2.75, 3.05) is 18.1 Å². The Morgan fingerprint density at radius 3 is 3.00 bits per heavy atom. The van der Waals surface area contributed by atoms with Crippen molar-refractivity contribution >= 4 is 32.7 Å². The summed E-state index contributed by atoms with van der Waals surface area (Å²) in [6, 6.07) is 10.5. The Hall–Kier alpha value is -1.13. The van der Waals surface area contributed by atoms with Crippen LogP contribution < -0.4 is 4.90 Å². The molecule has 4 heteroatoms. The highest BCUT2D eigenvalue weighted by Gasteiger charge is 2.24. The monoisotopic (exact) mass is 306 g/mol. The zero-order chi connectivity index (χ0) is 12.5. The second kappa shape index (κ2) is 4.86.